The maximum atomic E-state index is 10.2. The van der Waals surface area contributed by atoms with Gasteiger partial charge in [-0.05, 0) is 41.7 Å². The van der Waals surface area contributed by atoms with E-state index in [9.17, 15) is 5.11 Å². The number of benzene rings is 2. The normalized spacial score (nSPS) is 20.9. The molecule has 0 spiro atoms. The van der Waals surface area contributed by atoms with Crippen molar-refractivity contribution in [1.82, 2.24) is 0 Å². The van der Waals surface area contributed by atoms with Crippen LogP contribution < -0.4 is 0 Å². The zero-order chi connectivity index (χ0) is 13.8. The van der Waals surface area contributed by atoms with Crippen LogP contribution >= 0.6 is 0 Å². The largest absolute Gasteiger partial charge is 0.386 e. The van der Waals surface area contributed by atoms with Crippen molar-refractivity contribution in [2.24, 2.45) is 0 Å². The predicted molar refractivity (Wildman–Crippen MR) is 78.5 cm³/mol. The van der Waals surface area contributed by atoms with E-state index in [2.05, 4.69) is 12.1 Å². The van der Waals surface area contributed by atoms with Crippen molar-refractivity contribution in [2.45, 2.75) is 31.7 Å². The molecule has 3 heteroatoms. The highest BCUT2D eigenvalue weighted by molar-refractivity contribution is 5.83. The number of hydrogen-bond acceptors (Lipinski definition) is 3. The molecule has 0 bridgehead atoms. The minimum atomic E-state index is -0.606. The van der Waals surface area contributed by atoms with Crippen molar-refractivity contribution in [3.05, 3.63) is 48.0 Å². The van der Waals surface area contributed by atoms with Gasteiger partial charge < -0.3 is 14.6 Å². The van der Waals surface area contributed by atoms with Crippen molar-refractivity contribution in [1.29, 1.82) is 0 Å². The minimum absolute atomic E-state index is 0.154. The average Bonchev–Trinajstić information content (AvgIpc) is 2.53. The molecule has 1 fully saturated rings. The van der Waals surface area contributed by atoms with Gasteiger partial charge in [0.2, 0.25) is 0 Å². The van der Waals surface area contributed by atoms with E-state index in [1.54, 1.807) is 0 Å². The molecule has 1 unspecified atom stereocenters. The summed E-state index contributed by atoms with van der Waals surface area (Å²) in [4.78, 5) is 0. The van der Waals surface area contributed by atoms with E-state index in [-0.39, 0.29) is 12.9 Å². The third-order valence-electron chi connectivity index (χ3n) is 3.74. The second kappa shape index (κ2) is 6.35. The first-order valence-electron chi connectivity index (χ1n) is 7.23. The molecule has 106 valence electrons. The maximum Gasteiger partial charge on any atom is 0.157 e. The van der Waals surface area contributed by atoms with Crippen LogP contribution in [0, 0.1) is 0 Å². The SMILES string of the molecule is O[C@H](COC1CCCCO1)c1ccc2ccccc2c1. The summed E-state index contributed by atoms with van der Waals surface area (Å²) < 4.78 is 11.1. The van der Waals surface area contributed by atoms with Crippen molar-refractivity contribution in [3.8, 4) is 0 Å². The molecule has 1 saturated heterocycles. The van der Waals surface area contributed by atoms with Gasteiger partial charge >= 0.3 is 0 Å². The van der Waals surface area contributed by atoms with E-state index >= 15 is 0 Å². The molecular weight excluding hydrogens is 252 g/mol. The number of ether oxygens (including phenoxy) is 2. The molecule has 2 aromatic rings. The van der Waals surface area contributed by atoms with Crippen LogP contribution in [0.2, 0.25) is 0 Å². The maximum absolute atomic E-state index is 10.2. The highest BCUT2D eigenvalue weighted by Crippen LogP contribution is 2.22. The van der Waals surface area contributed by atoms with Gasteiger partial charge in [0.05, 0.1) is 6.61 Å². The predicted octanol–water partition coefficient (Wildman–Crippen LogP) is 3.42. The van der Waals surface area contributed by atoms with E-state index in [1.165, 1.54) is 5.39 Å². The van der Waals surface area contributed by atoms with E-state index < -0.39 is 6.10 Å². The summed E-state index contributed by atoms with van der Waals surface area (Å²) in [6.07, 6.45) is 2.40. The molecule has 3 rings (SSSR count). The Bertz CT molecular complexity index is 561. The average molecular weight is 272 g/mol. The Kier molecular flexibility index (Phi) is 4.31. The van der Waals surface area contributed by atoms with Gasteiger partial charge in [-0.3, -0.25) is 0 Å². The summed E-state index contributed by atoms with van der Waals surface area (Å²) in [5, 5.41) is 12.5. The summed E-state index contributed by atoms with van der Waals surface area (Å²) in [5.41, 5.74) is 0.888. The summed E-state index contributed by atoms with van der Waals surface area (Å²) >= 11 is 0. The van der Waals surface area contributed by atoms with Crippen LogP contribution in [0.25, 0.3) is 10.8 Å². The first-order chi connectivity index (χ1) is 9.83. The van der Waals surface area contributed by atoms with Gasteiger partial charge in [0.15, 0.2) is 6.29 Å². The lowest BCUT2D eigenvalue weighted by Gasteiger charge is -2.24. The zero-order valence-electron chi connectivity index (χ0n) is 11.5. The first kappa shape index (κ1) is 13.6. The minimum Gasteiger partial charge on any atom is -0.386 e. The summed E-state index contributed by atoms with van der Waals surface area (Å²) in [7, 11) is 0. The first-order valence-corrected chi connectivity index (χ1v) is 7.23. The Labute approximate surface area is 119 Å². The molecule has 3 nitrogen and oxygen atoms in total. The van der Waals surface area contributed by atoms with Gasteiger partial charge in [-0.15, -0.1) is 0 Å². The summed E-state index contributed by atoms with van der Waals surface area (Å²) in [6, 6.07) is 14.1. The third-order valence-corrected chi connectivity index (χ3v) is 3.74. The molecule has 0 radical (unpaired) electrons. The van der Waals surface area contributed by atoms with Gasteiger partial charge in [-0.2, -0.15) is 0 Å². The molecule has 0 saturated carbocycles. The second-order valence-electron chi connectivity index (χ2n) is 5.25. The fourth-order valence-electron chi connectivity index (χ4n) is 2.55. The van der Waals surface area contributed by atoms with Crippen molar-refractivity contribution >= 4 is 10.8 Å². The van der Waals surface area contributed by atoms with Crippen LogP contribution in [0.15, 0.2) is 42.5 Å². The summed E-state index contributed by atoms with van der Waals surface area (Å²) in [6.45, 7) is 1.04. The van der Waals surface area contributed by atoms with E-state index in [1.807, 2.05) is 30.3 Å². The van der Waals surface area contributed by atoms with Gasteiger partial charge in [0, 0.05) is 6.61 Å². The van der Waals surface area contributed by atoms with E-state index in [0.29, 0.717) is 0 Å². The topological polar surface area (TPSA) is 38.7 Å². The van der Waals surface area contributed by atoms with E-state index in [0.717, 1.165) is 36.8 Å². The molecule has 0 amide bonds. The Morgan fingerprint density at radius 2 is 2.00 bits per heavy atom. The quantitative estimate of drug-likeness (QED) is 0.927. The molecule has 20 heavy (non-hydrogen) atoms. The second-order valence-corrected chi connectivity index (χ2v) is 5.25. The Hall–Kier alpha value is -1.42. The Balaban J connectivity index is 1.64. The lowest BCUT2D eigenvalue weighted by Crippen LogP contribution is -2.24. The van der Waals surface area contributed by atoms with Crippen LogP contribution in [0.5, 0.6) is 0 Å². The molecule has 0 aromatic heterocycles. The Morgan fingerprint density at radius 3 is 2.80 bits per heavy atom. The van der Waals surface area contributed by atoms with Gasteiger partial charge in [-0.1, -0.05) is 36.4 Å². The Morgan fingerprint density at radius 1 is 1.15 bits per heavy atom. The lowest BCUT2D eigenvalue weighted by atomic mass is 10.0. The number of fused-ring (bicyclic) bond motifs is 1. The van der Waals surface area contributed by atoms with Gasteiger partial charge in [0.1, 0.15) is 6.10 Å². The smallest absolute Gasteiger partial charge is 0.157 e. The highest BCUT2D eigenvalue weighted by Gasteiger charge is 2.16. The van der Waals surface area contributed by atoms with E-state index in [4.69, 9.17) is 9.47 Å². The molecular formula is C17H20O3. The molecule has 2 aromatic carbocycles. The summed E-state index contributed by atoms with van der Waals surface area (Å²) in [5.74, 6) is 0. The van der Waals surface area contributed by atoms with Crippen molar-refractivity contribution in [3.63, 3.8) is 0 Å². The van der Waals surface area contributed by atoms with Crippen LogP contribution in [0.4, 0.5) is 0 Å². The fraction of sp³-hybridized carbons (Fsp3) is 0.412. The number of rotatable bonds is 4. The molecule has 0 aliphatic carbocycles. The van der Waals surface area contributed by atoms with Crippen LogP contribution in [0.3, 0.4) is 0 Å². The number of hydrogen-bond donors (Lipinski definition) is 1. The molecule has 1 aliphatic heterocycles. The highest BCUT2D eigenvalue weighted by atomic mass is 16.7. The van der Waals surface area contributed by atoms with Gasteiger partial charge in [0.25, 0.3) is 0 Å². The standard InChI is InChI=1S/C17H20O3/c18-16(12-20-17-7-3-4-10-19-17)15-9-8-13-5-1-2-6-14(13)11-15/h1-2,5-6,8-9,11,16-18H,3-4,7,10,12H2/t16-,17?/m1/s1. The van der Waals surface area contributed by atoms with Crippen LogP contribution in [-0.2, 0) is 9.47 Å². The zero-order valence-corrected chi connectivity index (χ0v) is 11.5. The number of aliphatic hydroxyl groups is 1. The van der Waals surface area contributed by atoms with Gasteiger partial charge in [-0.25, -0.2) is 0 Å². The van der Waals surface area contributed by atoms with Crippen molar-refractivity contribution < 1.29 is 14.6 Å². The monoisotopic (exact) mass is 272 g/mol. The third kappa shape index (κ3) is 3.18. The number of aliphatic hydroxyl groups excluding tert-OH is 1. The van der Waals surface area contributed by atoms with Crippen molar-refractivity contribution in [2.75, 3.05) is 13.2 Å². The molecule has 1 aliphatic rings. The molecule has 1 N–H and O–H groups in total. The molecule has 1 heterocycles. The fourth-order valence-corrected chi connectivity index (χ4v) is 2.55. The lowest BCUT2D eigenvalue weighted by molar-refractivity contribution is -0.175. The van der Waals surface area contributed by atoms with Crippen LogP contribution in [0.1, 0.15) is 30.9 Å². The van der Waals surface area contributed by atoms with Crippen LogP contribution in [-0.4, -0.2) is 24.6 Å². The molecule has 2 atom stereocenters.